The van der Waals surface area contributed by atoms with Gasteiger partial charge in [0, 0.05) is 0 Å². The molecule has 0 aromatic heterocycles. The van der Waals surface area contributed by atoms with Crippen LogP contribution in [0.25, 0.3) is 0 Å². The number of aryl methyl sites for hydroxylation is 1. The summed E-state index contributed by atoms with van der Waals surface area (Å²) < 4.78 is 45.3. The number of ether oxygens (including phenoxy) is 1. The van der Waals surface area contributed by atoms with E-state index in [0.29, 0.717) is 5.56 Å². The van der Waals surface area contributed by atoms with Crippen LogP contribution in [0.4, 0.5) is 13.2 Å². The van der Waals surface area contributed by atoms with Gasteiger partial charge in [-0.3, -0.25) is 4.79 Å². The van der Waals surface area contributed by atoms with Crippen molar-refractivity contribution >= 4 is 23.3 Å². The van der Waals surface area contributed by atoms with Crippen molar-refractivity contribution in [3.8, 4) is 0 Å². The van der Waals surface area contributed by atoms with Gasteiger partial charge in [-0.2, -0.15) is 13.2 Å². The molecule has 1 aromatic carbocycles. The number of alkyl halides is 3. The molecule has 1 aliphatic rings. The van der Waals surface area contributed by atoms with Crippen LogP contribution in [0.5, 0.6) is 0 Å². The highest BCUT2D eigenvalue weighted by Gasteiger charge is 2.66. The molecule has 9 heteroatoms. The lowest BCUT2D eigenvalue weighted by Gasteiger charge is -2.45. The van der Waals surface area contributed by atoms with Crippen molar-refractivity contribution < 1.29 is 27.8 Å². The maximum atomic E-state index is 13.5. The lowest BCUT2D eigenvalue weighted by molar-refractivity contribution is -0.292. The second-order valence-corrected chi connectivity index (χ2v) is 5.89. The fraction of sp³-hybridized carbons (Fsp3) is 0.467. The third-order valence-electron chi connectivity index (χ3n) is 3.75. The van der Waals surface area contributed by atoms with Gasteiger partial charge in [0.15, 0.2) is 5.11 Å². The number of benzene rings is 1. The van der Waals surface area contributed by atoms with Crippen LogP contribution in [0.1, 0.15) is 24.1 Å². The van der Waals surface area contributed by atoms with Crippen molar-refractivity contribution in [2.45, 2.75) is 31.8 Å². The number of hydrogen-bond donors (Lipinski definition) is 3. The third kappa shape index (κ3) is 3.32. The van der Waals surface area contributed by atoms with Gasteiger partial charge in [0.1, 0.15) is 5.92 Å². The minimum Gasteiger partial charge on any atom is -0.466 e. The van der Waals surface area contributed by atoms with E-state index in [1.807, 2.05) is 0 Å². The van der Waals surface area contributed by atoms with Crippen molar-refractivity contribution in [3.05, 3.63) is 35.4 Å². The SMILES string of the molecule is CCOC(=O)[C@H]1[C@@H](c2cccc(C)c2)NC(=S)N[C@@]1(O)C(F)(F)F. The molecule has 24 heavy (non-hydrogen) atoms. The predicted molar refractivity (Wildman–Crippen MR) is 83.9 cm³/mol. The van der Waals surface area contributed by atoms with Crippen LogP contribution in [-0.4, -0.2) is 34.7 Å². The Labute approximate surface area is 142 Å². The van der Waals surface area contributed by atoms with Crippen LogP contribution in [0.15, 0.2) is 24.3 Å². The summed E-state index contributed by atoms with van der Waals surface area (Å²) in [5.74, 6) is -3.14. The zero-order chi connectivity index (χ0) is 18.1. The van der Waals surface area contributed by atoms with Gasteiger partial charge in [-0.15, -0.1) is 0 Å². The highest BCUT2D eigenvalue weighted by molar-refractivity contribution is 7.80. The number of rotatable bonds is 3. The number of thiocarbonyl (C=S) groups is 1. The summed E-state index contributed by atoms with van der Waals surface area (Å²) >= 11 is 4.80. The third-order valence-corrected chi connectivity index (χ3v) is 3.97. The Bertz CT molecular complexity index is 653. The summed E-state index contributed by atoms with van der Waals surface area (Å²) in [7, 11) is 0. The number of esters is 1. The number of nitrogens with one attached hydrogen (secondary N) is 2. The maximum absolute atomic E-state index is 13.5. The van der Waals surface area contributed by atoms with E-state index < -0.39 is 34.9 Å². The van der Waals surface area contributed by atoms with Gasteiger partial charge in [0.2, 0.25) is 0 Å². The van der Waals surface area contributed by atoms with Crippen LogP contribution < -0.4 is 10.6 Å². The molecule has 0 spiro atoms. The maximum Gasteiger partial charge on any atom is 0.437 e. The van der Waals surface area contributed by atoms with E-state index in [0.717, 1.165) is 5.56 Å². The first-order chi connectivity index (χ1) is 11.1. The summed E-state index contributed by atoms with van der Waals surface area (Å²) in [6.07, 6.45) is -5.14. The summed E-state index contributed by atoms with van der Waals surface area (Å²) in [5, 5.41) is 14.3. The van der Waals surface area contributed by atoms with E-state index in [1.54, 1.807) is 36.5 Å². The molecular formula is C15H17F3N2O3S. The smallest absolute Gasteiger partial charge is 0.437 e. The summed E-state index contributed by atoms with van der Waals surface area (Å²) in [4.78, 5) is 12.2. The molecule has 1 aliphatic heterocycles. The van der Waals surface area contributed by atoms with E-state index in [1.165, 1.54) is 6.92 Å². The highest BCUT2D eigenvalue weighted by Crippen LogP contribution is 2.43. The molecule has 1 saturated heterocycles. The standard InChI is InChI=1S/C15H17F3N2O3S/c1-3-23-12(21)10-11(9-6-4-5-8(2)7-9)19-13(24)20-14(10,22)15(16,17)18/h4-7,10-11,22H,3H2,1-2H3,(H2,19,20,24)/t10-,11-,14+/m1/s1. The quantitative estimate of drug-likeness (QED) is 0.564. The van der Waals surface area contributed by atoms with Gasteiger partial charge in [0.05, 0.1) is 12.6 Å². The molecule has 0 radical (unpaired) electrons. The molecule has 0 unspecified atom stereocenters. The predicted octanol–water partition coefficient (Wildman–Crippen LogP) is 1.94. The van der Waals surface area contributed by atoms with Gasteiger partial charge in [0.25, 0.3) is 5.72 Å². The second-order valence-electron chi connectivity index (χ2n) is 5.48. The largest absolute Gasteiger partial charge is 0.466 e. The zero-order valence-electron chi connectivity index (χ0n) is 13.0. The average Bonchev–Trinajstić information content (AvgIpc) is 2.45. The normalized spacial score (nSPS) is 27.2. The molecule has 5 nitrogen and oxygen atoms in total. The topological polar surface area (TPSA) is 70.6 Å². The molecule has 1 aromatic rings. The molecule has 0 amide bonds. The van der Waals surface area contributed by atoms with Crippen LogP contribution in [0, 0.1) is 12.8 Å². The number of aliphatic hydroxyl groups is 1. The van der Waals surface area contributed by atoms with Crippen LogP contribution in [-0.2, 0) is 9.53 Å². The number of halogens is 3. The van der Waals surface area contributed by atoms with Crippen molar-refractivity contribution in [2.75, 3.05) is 6.61 Å². The first-order valence-electron chi connectivity index (χ1n) is 7.21. The Hall–Kier alpha value is -1.87. The number of hydrogen-bond acceptors (Lipinski definition) is 4. The highest BCUT2D eigenvalue weighted by atomic mass is 32.1. The Morgan fingerprint density at radius 3 is 2.67 bits per heavy atom. The molecule has 2 rings (SSSR count). The van der Waals surface area contributed by atoms with Crippen LogP contribution in [0.2, 0.25) is 0 Å². The first-order valence-corrected chi connectivity index (χ1v) is 7.62. The Morgan fingerprint density at radius 1 is 1.46 bits per heavy atom. The summed E-state index contributed by atoms with van der Waals surface area (Å²) in [6.45, 7) is 3.12. The zero-order valence-corrected chi connectivity index (χ0v) is 13.8. The summed E-state index contributed by atoms with van der Waals surface area (Å²) in [5.41, 5.74) is -2.35. The van der Waals surface area contributed by atoms with Crippen molar-refractivity contribution in [2.24, 2.45) is 5.92 Å². The molecule has 3 atom stereocenters. The monoisotopic (exact) mass is 362 g/mol. The van der Waals surface area contributed by atoms with Gasteiger partial charge in [-0.1, -0.05) is 29.8 Å². The van der Waals surface area contributed by atoms with Crippen LogP contribution in [0.3, 0.4) is 0 Å². The van der Waals surface area contributed by atoms with E-state index in [4.69, 9.17) is 17.0 Å². The Kier molecular flexibility index (Phi) is 5.05. The van der Waals surface area contributed by atoms with E-state index in [9.17, 15) is 23.1 Å². The van der Waals surface area contributed by atoms with Gasteiger partial charge in [-0.05, 0) is 31.6 Å². The molecule has 0 aliphatic carbocycles. The average molecular weight is 362 g/mol. The molecule has 0 bridgehead atoms. The minimum atomic E-state index is -5.14. The second kappa shape index (κ2) is 6.56. The summed E-state index contributed by atoms with van der Waals surface area (Å²) in [6, 6.07) is 5.39. The Balaban J connectivity index is 2.57. The van der Waals surface area contributed by atoms with Crippen molar-refractivity contribution in [1.82, 2.24) is 10.6 Å². The van der Waals surface area contributed by atoms with E-state index >= 15 is 0 Å². The van der Waals surface area contributed by atoms with E-state index in [-0.39, 0.29) is 6.61 Å². The molecule has 1 fully saturated rings. The molecular weight excluding hydrogens is 345 g/mol. The number of carbonyl (C=O) groups excluding carboxylic acids is 1. The van der Waals surface area contributed by atoms with Gasteiger partial charge < -0.3 is 20.5 Å². The van der Waals surface area contributed by atoms with E-state index in [2.05, 4.69) is 5.32 Å². The molecule has 0 saturated carbocycles. The molecule has 3 N–H and O–H groups in total. The number of carbonyl (C=O) groups is 1. The van der Waals surface area contributed by atoms with Gasteiger partial charge >= 0.3 is 12.1 Å². The lowest BCUT2D eigenvalue weighted by Crippen LogP contribution is -2.73. The fourth-order valence-electron chi connectivity index (χ4n) is 2.68. The van der Waals surface area contributed by atoms with Gasteiger partial charge in [-0.25, -0.2) is 0 Å². The Morgan fingerprint density at radius 2 is 2.12 bits per heavy atom. The van der Waals surface area contributed by atoms with Crippen molar-refractivity contribution in [1.29, 1.82) is 0 Å². The lowest BCUT2D eigenvalue weighted by atomic mass is 9.82. The molecule has 132 valence electrons. The fourth-order valence-corrected chi connectivity index (χ4v) is 2.96. The van der Waals surface area contributed by atoms with Crippen molar-refractivity contribution in [3.63, 3.8) is 0 Å². The minimum absolute atomic E-state index is 0.117. The molecule has 1 heterocycles. The van der Waals surface area contributed by atoms with Crippen LogP contribution >= 0.6 is 12.2 Å². The first kappa shape index (κ1) is 18.5.